The summed E-state index contributed by atoms with van der Waals surface area (Å²) >= 11 is 6.39. The number of carbonyl (C=O) groups excluding carboxylic acids is 3. The van der Waals surface area contributed by atoms with E-state index in [-0.39, 0.29) is 5.78 Å². The number of ether oxygens (including phenoxy) is 1. The fraction of sp³-hybridized carbons (Fsp3) is 0.318. The quantitative estimate of drug-likeness (QED) is 0.526. The summed E-state index contributed by atoms with van der Waals surface area (Å²) in [6.07, 6.45) is 6.53. The molecule has 0 spiro atoms. The van der Waals surface area contributed by atoms with Gasteiger partial charge >= 0.3 is 5.97 Å². The first-order valence-electron chi connectivity index (χ1n) is 9.38. The van der Waals surface area contributed by atoms with E-state index < -0.39 is 24.0 Å². The molecule has 1 aliphatic carbocycles. The van der Waals surface area contributed by atoms with E-state index in [1.54, 1.807) is 43.4 Å². The summed E-state index contributed by atoms with van der Waals surface area (Å²) in [4.78, 5) is 39.1. The second-order valence-electron chi connectivity index (χ2n) is 6.88. The number of benzene rings is 1. The summed E-state index contributed by atoms with van der Waals surface area (Å²) in [5, 5.41) is 0.431. The van der Waals surface area contributed by atoms with Crippen LogP contribution in [0.2, 0.25) is 5.02 Å². The highest BCUT2D eigenvalue weighted by atomic mass is 35.5. The molecular weight excluding hydrogens is 394 g/mol. The van der Waals surface area contributed by atoms with Gasteiger partial charge in [0.1, 0.15) is 11.3 Å². The Morgan fingerprint density at radius 2 is 2.03 bits per heavy atom. The van der Waals surface area contributed by atoms with Crippen LogP contribution < -0.4 is 0 Å². The van der Waals surface area contributed by atoms with Gasteiger partial charge in [-0.15, -0.1) is 0 Å². The number of halogens is 1. The molecule has 1 heterocycles. The van der Waals surface area contributed by atoms with Gasteiger partial charge < -0.3 is 14.1 Å². The zero-order valence-corrected chi connectivity index (χ0v) is 16.9. The minimum atomic E-state index is -1.15. The smallest absolute Gasteiger partial charge is 0.331 e. The second-order valence-corrected chi connectivity index (χ2v) is 7.29. The molecule has 1 saturated carbocycles. The van der Waals surface area contributed by atoms with Gasteiger partial charge in [0, 0.05) is 30.1 Å². The van der Waals surface area contributed by atoms with Crippen LogP contribution in [-0.4, -0.2) is 36.2 Å². The van der Waals surface area contributed by atoms with Crippen molar-refractivity contribution in [3.8, 4) is 0 Å². The normalized spacial score (nSPS) is 19.3. The van der Waals surface area contributed by atoms with Crippen LogP contribution in [-0.2, 0) is 24.7 Å². The number of esters is 1. The van der Waals surface area contributed by atoms with Crippen LogP contribution in [0, 0.1) is 0 Å². The second kappa shape index (κ2) is 9.09. The highest BCUT2D eigenvalue weighted by molar-refractivity contribution is 6.31. The number of ketones is 1. The van der Waals surface area contributed by atoms with Crippen molar-refractivity contribution in [3.05, 3.63) is 65.1 Å². The van der Waals surface area contributed by atoms with E-state index in [0.717, 1.165) is 12.8 Å². The first-order valence-corrected chi connectivity index (χ1v) is 9.76. The fourth-order valence-corrected chi connectivity index (χ4v) is 3.95. The fourth-order valence-electron chi connectivity index (χ4n) is 3.66. The van der Waals surface area contributed by atoms with Gasteiger partial charge in [-0.25, -0.2) is 4.79 Å². The molecule has 0 radical (unpaired) electrons. The molecule has 1 fully saturated rings. The van der Waals surface area contributed by atoms with Crippen molar-refractivity contribution >= 4 is 35.3 Å². The Labute approximate surface area is 174 Å². The molecule has 1 amide bonds. The molecule has 0 aliphatic heterocycles. The van der Waals surface area contributed by atoms with Crippen molar-refractivity contribution in [3.63, 3.8) is 0 Å². The van der Waals surface area contributed by atoms with Gasteiger partial charge in [-0.1, -0.05) is 29.8 Å². The average Bonchev–Trinajstić information content (AvgIpc) is 3.25. The Morgan fingerprint density at radius 3 is 2.72 bits per heavy atom. The largest absolute Gasteiger partial charge is 0.465 e. The number of carbonyl (C=O) groups is 3. The van der Waals surface area contributed by atoms with Gasteiger partial charge in [-0.05, 0) is 43.5 Å². The van der Waals surface area contributed by atoms with Gasteiger partial charge in [0.25, 0.3) is 5.91 Å². The Hall–Kier alpha value is -2.86. The van der Waals surface area contributed by atoms with E-state index in [2.05, 4.69) is 0 Å². The third-order valence-electron chi connectivity index (χ3n) is 5.18. The van der Waals surface area contributed by atoms with Crippen molar-refractivity contribution in [2.75, 3.05) is 13.7 Å². The summed E-state index contributed by atoms with van der Waals surface area (Å²) in [7, 11) is 1.56. The summed E-state index contributed by atoms with van der Waals surface area (Å²) in [5.41, 5.74) is -0.546. The van der Waals surface area contributed by atoms with Crippen molar-refractivity contribution in [2.24, 2.45) is 0 Å². The topological polar surface area (TPSA) is 76.8 Å². The van der Waals surface area contributed by atoms with Crippen LogP contribution in [0.25, 0.3) is 6.08 Å². The lowest BCUT2D eigenvalue weighted by Gasteiger charge is -2.43. The molecule has 2 aromatic rings. The molecule has 1 atom stereocenters. The van der Waals surface area contributed by atoms with Crippen LogP contribution in [0.15, 0.2) is 53.2 Å². The van der Waals surface area contributed by atoms with E-state index in [1.807, 2.05) is 0 Å². The SMILES string of the molecule is CN(C(=O)COC(=O)/C=C/c1ccco1)C1(c2ccccc2Cl)CCCCC1=O. The number of amides is 1. The van der Waals surface area contributed by atoms with Crippen molar-refractivity contribution < 1.29 is 23.5 Å². The zero-order chi connectivity index (χ0) is 20.9. The zero-order valence-electron chi connectivity index (χ0n) is 16.1. The summed E-state index contributed by atoms with van der Waals surface area (Å²) in [6.45, 7) is -0.475. The average molecular weight is 416 g/mol. The molecule has 0 N–H and O–H groups in total. The summed E-state index contributed by atoms with van der Waals surface area (Å²) < 4.78 is 10.2. The number of hydrogen-bond donors (Lipinski definition) is 0. The minimum absolute atomic E-state index is 0.0586. The first kappa shape index (κ1) is 20.9. The lowest BCUT2D eigenvalue weighted by atomic mass is 9.74. The standard InChI is InChI=1S/C22H22ClNO5/c1-24(20(26)15-29-21(27)12-11-16-7-6-14-28-16)22(13-5-4-10-19(22)25)17-8-2-3-9-18(17)23/h2-3,6-9,11-12,14H,4-5,10,13,15H2,1H3/b12-11+. The number of Topliss-reactive ketones (excluding diaryl/α,β-unsaturated/α-hetero) is 1. The number of rotatable bonds is 6. The maximum atomic E-state index is 13.0. The molecule has 7 heteroatoms. The highest BCUT2D eigenvalue weighted by Gasteiger charge is 2.47. The predicted molar refractivity (Wildman–Crippen MR) is 108 cm³/mol. The van der Waals surface area contributed by atoms with Gasteiger partial charge in [0.15, 0.2) is 12.4 Å². The number of furan rings is 1. The Balaban J connectivity index is 1.75. The van der Waals surface area contributed by atoms with Crippen molar-refractivity contribution in [2.45, 2.75) is 31.2 Å². The molecule has 29 heavy (non-hydrogen) atoms. The lowest BCUT2D eigenvalue weighted by Crippen LogP contribution is -2.55. The van der Waals surface area contributed by atoms with Crippen LogP contribution in [0.1, 0.15) is 37.0 Å². The van der Waals surface area contributed by atoms with Crippen LogP contribution in [0.4, 0.5) is 0 Å². The molecule has 1 aliphatic rings. The Bertz CT molecular complexity index is 921. The molecule has 0 saturated heterocycles. The number of nitrogens with zero attached hydrogens (tertiary/aromatic N) is 1. The number of hydrogen-bond acceptors (Lipinski definition) is 5. The summed E-state index contributed by atoms with van der Waals surface area (Å²) in [5.74, 6) is -0.711. The Kier molecular flexibility index (Phi) is 6.54. The first-order chi connectivity index (χ1) is 13.9. The van der Waals surface area contributed by atoms with Crippen molar-refractivity contribution in [1.29, 1.82) is 0 Å². The minimum Gasteiger partial charge on any atom is -0.465 e. The monoisotopic (exact) mass is 415 g/mol. The van der Waals surface area contributed by atoms with Gasteiger partial charge in [0.2, 0.25) is 0 Å². The van der Waals surface area contributed by atoms with Crippen LogP contribution >= 0.6 is 11.6 Å². The van der Waals surface area contributed by atoms with E-state index in [1.165, 1.54) is 23.3 Å². The molecule has 0 bridgehead atoms. The molecule has 152 valence electrons. The maximum Gasteiger partial charge on any atom is 0.331 e. The molecule has 1 aromatic carbocycles. The van der Waals surface area contributed by atoms with E-state index >= 15 is 0 Å². The molecule has 3 rings (SSSR count). The van der Waals surface area contributed by atoms with Crippen LogP contribution in [0.5, 0.6) is 0 Å². The summed E-state index contributed by atoms with van der Waals surface area (Å²) in [6, 6.07) is 10.4. The molecule has 1 aromatic heterocycles. The third-order valence-corrected chi connectivity index (χ3v) is 5.51. The van der Waals surface area contributed by atoms with Crippen molar-refractivity contribution in [1.82, 2.24) is 4.90 Å². The lowest BCUT2D eigenvalue weighted by molar-refractivity contribution is -0.155. The molecule has 1 unspecified atom stereocenters. The van der Waals surface area contributed by atoms with E-state index in [0.29, 0.717) is 29.2 Å². The van der Waals surface area contributed by atoms with E-state index in [4.69, 9.17) is 20.8 Å². The highest BCUT2D eigenvalue weighted by Crippen LogP contribution is 2.42. The predicted octanol–water partition coefficient (Wildman–Crippen LogP) is 3.99. The van der Waals surface area contributed by atoms with Gasteiger partial charge in [-0.3, -0.25) is 9.59 Å². The van der Waals surface area contributed by atoms with Gasteiger partial charge in [0.05, 0.1) is 6.26 Å². The number of likely N-dealkylation sites (N-methyl/N-ethyl adjacent to an activating group) is 1. The maximum absolute atomic E-state index is 13.0. The Morgan fingerprint density at radius 1 is 1.24 bits per heavy atom. The van der Waals surface area contributed by atoms with Gasteiger partial charge in [-0.2, -0.15) is 0 Å². The molecule has 6 nitrogen and oxygen atoms in total. The molecular formula is C22H22ClNO5. The van der Waals surface area contributed by atoms with Crippen LogP contribution in [0.3, 0.4) is 0 Å². The van der Waals surface area contributed by atoms with E-state index in [9.17, 15) is 14.4 Å². The third kappa shape index (κ3) is 4.43.